The number of ether oxygens (including phenoxy) is 1. The molecule has 0 aromatic carbocycles. The molecule has 1 saturated carbocycles. The van der Waals surface area contributed by atoms with Gasteiger partial charge >= 0.3 is 0 Å². The molecule has 0 bridgehead atoms. The summed E-state index contributed by atoms with van der Waals surface area (Å²) < 4.78 is 5.87. The van der Waals surface area contributed by atoms with Crippen molar-refractivity contribution in [3.8, 4) is 5.75 Å². The highest BCUT2D eigenvalue weighted by Crippen LogP contribution is 2.40. The summed E-state index contributed by atoms with van der Waals surface area (Å²) in [5.74, 6) is 1.67. The third-order valence-electron chi connectivity index (χ3n) is 3.42. The Balaban J connectivity index is 1.86. The number of aryl methyl sites for hydroxylation is 1. The fourth-order valence-corrected chi connectivity index (χ4v) is 3.43. The first kappa shape index (κ1) is 10.3. The van der Waals surface area contributed by atoms with E-state index in [0.717, 1.165) is 42.3 Å². The molecule has 3 rings (SSSR count). The average molecular weight is 236 g/mol. The Morgan fingerprint density at radius 2 is 2.12 bits per heavy atom. The van der Waals surface area contributed by atoms with Crippen LogP contribution in [0, 0.1) is 5.92 Å². The highest BCUT2D eigenvalue weighted by atomic mass is 32.1. The van der Waals surface area contributed by atoms with Crippen molar-refractivity contribution >= 4 is 17.6 Å². The Bertz CT molecular complexity index is 404. The predicted octanol–water partition coefficient (Wildman–Crippen LogP) is 3.23. The molecule has 86 valence electrons. The third-order valence-corrected chi connectivity index (χ3v) is 4.61. The van der Waals surface area contributed by atoms with E-state index in [1.54, 1.807) is 11.3 Å². The monoisotopic (exact) mass is 236 g/mol. The van der Waals surface area contributed by atoms with Gasteiger partial charge in [0, 0.05) is 10.4 Å². The highest BCUT2D eigenvalue weighted by Gasteiger charge is 2.26. The van der Waals surface area contributed by atoms with Crippen LogP contribution in [0.3, 0.4) is 0 Å². The van der Waals surface area contributed by atoms with Crippen LogP contribution >= 0.6 is 11.3 Å². The van der Waals surface area contributed by atoms with Crippen molar-refractivity contribution in [3.05, 3.63) is 15.3 Å². The van der Waals surface area contributed by atoms with E-state index in [4.69, 9.17) is 4.74 Å². The number of hydrogen-bond acceptors (Lipinski definition) is 3. The molecule has 1 aromatic heterocycles. The molecule has 0 amide bonds. The summed E-state index contributed by atoms with van der Waals surface area (Å²) in [4.78, 5) is 13.2. The van der Waals surface area contributed by atoms with Crippen molar-refractivity contribution in [2.24, 2.45) is 5.92 Å². The van der Waals surface area contributed by atoms with Crippen LogP contribution in [0.4, 0.5) is 0 Å². The minimum Gasteiger partial charge on any atom is -0.491 e. The Labute approximate surface area is 99.6 Å². The molecule has 3 heteroatoms. The van der Waals surface area contributed by atoms with Gasteiger partial charge in [0.05, 0.1) is 6.61 Å². The summed E-state index contributed by atoms with van der Waals surface area (Å²) >= 11 is 1.64. The quantitative estimate of drug-likeness (QED) is 0.750. The summed E-state index contributed by atoms with van der Waals surface area (Å²) in [6.07, 6.45) is 8.28. The number of fused-ring (bicyclic) bond motifs is 1. The van der Waals surface area contributed by atoms with Gasteiger partial charge in [0.15, 0.2) is 6.29 Å². The van der Waals surface area contributed by atoms with Gasteiger partial charge in [-0.25, -0.2) is 0 Å². The van der Waals surface area contributed by atoms with Gasteiger partial charge in [-0.2, -0.15) is 0 Å². The summed E-state index contributed by atoms with van der Waals surface area (Å²) in [5, 5.41) is 0. The summed E-state index contributed by atoms with van der Waals surface area (Å²) in [7, 11) is 0. The first-order valence-corrected chi connectivity index (χ1v) is 6.92. The van der Waals surface area contributed by atoms with Crippen molar-refractivity contribution in [2.45, 2.75) is 38.5 Å². The summed E-state index contributed by atoms with van der Waals surface area (Å²) in [6.45, 7) is 0.810. The van der Waals surface area contributed by atoms with Crippen LogP contribution in [0.15, 0.2) is 0 Å². The number of aldehydes is 1. The Morgan fingerprint density at radius 3 is 2.88 bits per heavy atom. The van der Waals surface area contributed by atoms with Crippen molar-refractivity contribution in [1.82, 2.24) is 0 Å². The van der Waals surface area contributed by atoms with Gasteiger partial charge in [-0.05, 0) is 44.4 Å². The van der Waals surface area contributed by atoms with Gasteiger partial charge < -0.3 is 4.74 Å². The highest BCUT2D eigenvalue weighted by molar-refractivity contribution is 7.14. The largest absolute Gasteiger partial charge is 0.491 e. The maximum absolute atomic E-state index is 11.0. The maximum atomic E-state index is 11.0. The smallest absolute Gasteiger partial charge is 0.163 e. The Kier molecular flexibility index (Phi) is 2.72. The third kappa shape index (κ3) is 1.88. The topological polar surface area (TPSA) is 26.3 Å². The van der Waals surface area contributed by atoms with E-state index in [1.165, 1.54) is 36.1 Å². The van der Waals surface area contributed by atoms with Crippen LogP contribution in [-0.4, -0.2) is 12.9 Å². The number of thiophene rings is 1. The van der Waals surface area contributed by atoms with Crippen molar-refractivity contribution < 1.29 is 9.53 Å². The molecule has 2 aliphatic rings. The minimum absolute atomic E-state index is 0.749. The molecule has 0 unspecified atom stereocenters. The zero-order valence-corrected chi connectivity index (χ0v) is 10.1. The van der Waals surface area contributed by atoms with Gasteiger partial charge in [-0.15, -0.1) is 11.3 Å². The molecule has 1 aromatic rings. The molecule has 1 heterocycles. The Morgan fingerprint density at radius 1 is 1.31 bits per heavy atom. The maximum Gasteiger partial charge on any atom is 0.163 e. The summed E-state index contributed by atoms with van der Waals surface area (Å²) in [5.41, 5.74) is 1.33. The second-order valence-electron chi connectivity index (χ2n) is 4.78. The van der Waals surface area contributed by atoms with E-state index in [0.29, 0.717) is 0 Å². The van der Waals surface area contributed by atoms with Crippen LogP contribution in [0.5, 0.6) is 5.75 Å². The van der Waals surface area contributed by atoms with Crippen LogP contribution < -0.4 is 4.74 Å². The number of rotatable bonds is 4. The molecule has 16 heavy (non-hydrogen) atoms. The zero-order chi connectivity index (χ0) is 11.0. The molecule has 0 spiro atoms. The molecule has 0 saturated heterocycles. The average Bonchev–Trinajstić information content (AvgIpc) is 3.07. The van der Waals surface area contributed by atoms with E-state index in [-0.39, 0.29) is 0 Å². The van der Waals surface area contributed by atoms with Crippen molar-refractivity contribution in [3.63, 3.8) is 0 Å². The molecule has 1 fully saturated rings. The number of carbonyl (C=O) groups is 1. The molecule has 2 aliphatic carbocycles. The fourth-order valence-electron chi connectivity index (χ4n) is 2.28. The zero-order valence-electron chi connectivity index (χ0n) is 9.33. The van der Waals surface area contributed by atoms with Crippen molar-refractivity contribution in [1.29, 1.82) is 0 Å². The lowest BCUT2D eigenvalue weighted by Crippen LogP contribution is -2.04. The molecule has 2 nitrogen and oxygen atoms in total. The lowest BCUT2D eigenvalue weighted by molar-refractivity contribution is 0.112. The number of carbonyl (C=O) groups excluding carboxylic acids is 1. The molecule has 0 aliphatic heterocycles. The van der Waals surface area contributed by atoms with Gasteiger partial charge in [0.1, 0.15) is 10.6 Å². The fraction of sp³-hybridized carbons (Fsp3) is 0.615. The van der Waals surface area contributed by atoms with E-state index >= 15 is 0 Å². The Hall–Kier alpha value is -0.830. The van der Waals surface area contributed by atoms with E-state index in [2.05, 4.69) is 0 Å². The van der Waals surface area contributed by atoms with Crippen LogP contribution in [-0.2, 0) is 12.8 Å². The van der Waals surface area contributed by atoms with Gasteiger partial charge in [0.2, 0.25) is 0 Å². The summed E-state index contributed by atoms with van der Waals surface area (Å²) in [6, 6.07) is 0. The molecular weight excluding hydrogens is 220 g/mol. The second-order valence-corrected chi connectivity index (χ2v) is 5.91. The molecule has 0 atom stereocenters. The van der Waals surface area contributed by atoms with Crippen LogP contribution in [0.1, 0.15) is 45.8 Å². The van der Waals surface area contributed by atoms with Gasteiger partial charge in [-0.3, -0.25) is 4.79 Å². The minimum atomic E-state index is 0.749. The normalized spacial score (nSPS) is 19.2. The molecule has 0 radical (unpaired) electrons. The SMILES string of the molecule is O=Cc1sc2c(c1OCC1CC1)CCCC2. The lowest BCUT2D eigenvalue weighted by Gasteiger charge is -2.13. The number of hydrogen-bond donors (Lipinski definition) is 0. The van der Waals surface area contributed by atoms with E-state index < -0.39 is 0 Å². The molecule has 0 N–H and O–H groups in total. The second kappa shape index (κ2) is 4.21. The van der Waals surface area contributed by atoms with Crippen molar-refractivity contribution in [2.75, 3.05) is 6.61 Å². The van der Waals surface area contributed by atoms with Gasteiger partial charge in [0.25, 0.3) is 0 Å². The molecular formula is C13H16O2S. The van der Waals surface area contributed by atoms with E-state index in [1.807, 2.05) is 0 Å². The van der Waals surface area contributed by atoms with Gasteiger partial charge in [-0.1, -0.05) is 0 Å². The first-order valence-electron chi connectivity index (χ1n) is 6.11. The standard InChI is InChI=1S/C13H16O2S/c14-7-12-13(15-8-9-5-6-9)10-3-1-2-4-11(10)16-12/h7,9H,1-6,8H2. The van der Waals surface area contributed by atoms with E-state index in [9.17, 15) is 4.79 Å². The lowest BCUT2D eigenvalue weighted by atomic mass is 9.98. The van der Waals surface area contributed by atoms with Crippen LogP contribution in [0.2, 0.25) is 0 Å². The predicted molar refractivity (Wildman–Crippen MR) is 64.6 cm³/mol. The first-order chi connectivity index (χ1) is 7.88. The van der Waals surface area contributed by atoms with Crippen LogP contribution in [0.25, 0.3) is 0 Å².